The molecule has 1 rings (SSSR count). The maximum Gasteiger partial charge on any atom is 0.330 e. The van der Waals surface area contributed by atoms with Crippen LogP contribution in [0.5, 0.6) is 0 Å². The molecule has 0 unspecified atom stereocenters. The van der Waals surface area contributed by atoms with E-state index in [4.69, 9.17) is 9.47 Å². The van der Waals surface area contributed by atoms with Gasteiger partial charge in [0.1, 0.15) is 6.20 Å². The number of rotatable bonds is 10. The van der Waals surface area contributed by atoms with E-state index in [1.807, 2.05) is 0 Å². The number of anilines is 1. The van der Waals surface area contributed by atoms with Gasteiger partial charge in [0.2, 0.25) is 5.82 Å². The molecular weight excluding hydrogens is 252 g/mol. The number of ether oxygens (including phenoxy) is 2. The van der Waals surface area contributed by atoms with E-state index in [0.717, 1.165) is 12.8 Å². The Hall–Kier alpha value is -1.67. The van der Waals surface area contributed by atoms with Gasteiger partial charge in [-0.2, -0.15) is 0 Å². The van der Waals surface area contributed by atoms with Crippen LogP contribution < -0.4 is 5.32 Å². The van der Waals surface area contributed by atoms with E-state index in [1.54, 1.807) is 14.2 Å². The molecule has 108 valence electrons. The smallest absolute Gasteiger partial charge is 0.330 e. The molecule has 19 heavy (non-hydrogen) atoms. The molecule has 0 saturated carbocycles. The van der Waals surface area contributed by atoms with Gasteiger partial charge in [0, 0.05) is 27.3 Å². The van der Waals surface area contributed by atoms with E-state index in [0.29, 0.717) is 32.2 Å². The van der Waals surface area contributed by atoms with Gasteiger partial charge in [-0.25, -0.2) is 0 Å². The molecule has 8 nitrogen and oxygen atoms in total. The third-order valence-electron chi connectivity index (χ3n) is 2.45. The number of aryl methyl sites for hydroxylation is 1. The Morgan fingerprint density at radius 1 is 1.42 bits per heavy atom. The van der Waals surface area contributed by atoms with Gasteiger partial charge in [-0.15, -0.1) is 5.10 Å². The third-order valence-corrected chi connectivity index (χ3v) is 2.45. The molecule has 0 aliphatic heterocycles. The van der Waals surface area contributed by atoms with Crippen molar-refractivity contribution in [1.82, 2.24) is 9.78 Å². The molecule has 1 aromatic heterocycles. The quantitative estimate of drug-likeness (QED) is 0.391. The fourth-order valence-electron chi connectivity index (χ4n) is 1.52. The summed E-state index contributed by atoms with van der Waals surface area (Å²) in [6.45, 7) is 2.48. The van der Waals surface area contributed by atoms with Gasteiger partial charge in [-0.05, 0) is 12.8 Å². The topological polar surface area (TPSA) is 91.5 Å². The van der Waals surface area contributed by atoms with Crippen LogP contribution >= 0.6 is 0 Å². The van der Waals surface area contributed by atoms with Gasteiger partial charge in [-0.1, -0.05) is 0 Å². The molecule has 8 heteroatoms. The second-order valence-electron chi connectivity index (χ2n) is 4.03. The lowest BCUT2D eigenvalue weighted by Crippen LogP contribution is -2.07. The number of nitrogens with one attached hydrogen (secondary N) is 1. The second kappa shape index (κ2) is 8.44. The van der Waals surface area contributed by atoms with Crippen molar-refractivity contribution in [1.29, 1.82) is 0 Å². The summed E-state index contributed by atoms with van der Waals surface area (Å²) < 4.78 is 11.6. The van der Waals surface area contributed by atoms with Gasteiger partial charge in [0.25, 0.3) is 0 Å². The van der Waals surface area contributed by atoms with Crippen molar-refractivity contribution in [3.8, 4) is 0 Å². The molecule has 0 aromatic carbocycles. The fraction of sp³-hybridized carbons (Fsp3) is 0.727. The molecule has 0 fully saturated rings. The molecular formula is C11H20N4O4. The number of unbranched alkanes of at least 4 members (excludes halogenated alkanes) is 1. The minimum atomic E-state index is -0.441. The van der Waals surface area contributed by atoms with Crippen LogP contribution in [-0.4, -0.2) is 48.2 Å². The summed E-state index contributed by atoms with van der Waals surface area (Å²) in [5, 5.41) is 17.7. The van der Waals surface area contributed by atoms with Crippen molar-refractivity contribution in [2.24, 2.45) is 7.05 Å². The first-order valence-corrected chi connectivity index (χ1v) is 6.13. The highest BCUT2D eigenvalue weighted by Crippen LogP contribution is 2.21. The second-order valence-corrected chi connectivity index (χ2v) is 4.03. The van der Waals surface area contributed by atoms with Crippen LogP contribution in [-0.2, 0) is 16.5 Å². The largest absolute Gasteiger partial charge is 0.382 e. The zero-order valence-corrected chi connectivity index (χ0v) is 11.3. The summed E-state index contributed by atoms with van der Waals surface area (Å²) in [5.41, 5.74) is -0.00107. The third kappa shape index (κ3) is 5.66. The molecule has 0 radical (unpaired) electrons. The highest BCUT2D eigenvalue weighted by atomic mass is 16.6. The van der Waals surface area contributed by atoms with E-state index in [9.17, 15) is 10.1 Å². The molecule has 0 atom stereocenters. The summed E-state index contributed by atoms with van der Waals surface area (Å²) in [6, 6.07) is 0. The molecule has 0 amide bonds. The Kier molecular flexibility index (Phi) is 6.83. The van der Waals surface area contributed by atoms with Gasteiger partial charge < -0.3 is 14.8 Å². The first-order valence-electron chi connectivity index (χ1n) is 6.13. The van der Waals surface area contributed by atoms with Crippen molar-refractivity contribution in [3.63, 3.8) is 0 Å². The van der Waals surface area contributed by atoms with Crippen LogP contribution in [0.4, 0.5) is 11.5 Å². The highest BCUT2D eigenvalue weighted by molar-refractivity contribution is 5.54. The van der Waals surface area contributed by atoms with Crippen molar-refractivity contribution in [2.75, 3.05) is 38.8 Å². The zero-order valence-electron chi connectivity index (χ0n) is 11.3. The minimum absolute atomic E-state index is 0.00107. The maximum absolute atomic E-state index is 10.8. The number of hydrogen-bond donors (Lipinski definition) is 1. The Balaban J connectivity index is 2.17. The normalized spacial score (nSPS) is 10.6. The van der Waals surface area contributed by atoms with Crippen molar-refractivity contribution >= 4 is 11.5 Å². The van der Waals surface area contributed by atoms with Gasteiger partial charge >= 0.3 is 5.69 Å². The van der Waals surface area contributed by atoms with E-state index in [2.05, 4.69) is 10.4 Å². The van der Waals surface area contributed by atoms with E-state index < -0.39 is 4.92 Å². The molecule has 0 aliphatic carbocycles. The number of nitrogens with zero attached hydrogens (tertiary/aromatic N) is 3. The average molecular weight is 272 g/mol. The SMILES string of the molecule is COCCOCCCCNc1nn(C)cc1[N+](=O)[O-]. The first-order chi connectivity index (χ1) is 9.15. The predicted octanol–water partition coefficient (Wildman–Crippen LogP) is 1.18. The van der Waals surface area contributed by atoms with Crippen LogP contribution in [0.1, 0.15) is 12.8 Å². The summed E-state index contributed by atoms with van der Waals surface area (Å²) >= 11 is 0. The Morgan fingerprint density at radius 2 is 2.21 bits per heavy atom. The van der Waals surface area contributed by atoms with Gasteiger partial charge in [-0.3, -0.25) is 14.8 Å². The van der Waals surface area contributed by atoms with Gasteiger partial charge in [0.15, 0.2) is 0 Å². The van der Waals surface area contributed by atoms with Gasteiger partial charge in [0.05, 0.1) is 18.1 Å². The summed E-state index contributed by atoms with van der Waals surface area (Å²) in [4.78, 5) is 10.3. The van der Waals surface area contributed by atoms with Crippen LogP contribution in [0, 0.1) is 10.1 Å². The first kappa shape index (κ1) is 15.4. The highest BCUT2D eigenvalue weighted by Gasteiger charge is 2.17. The summed E-state index contributed by atoms with van der Waals surface area (Å²) in [7, 11) is 3.29. The van der Waals surface area contributed by atoms with E-state index in [-0.39, 0.29) is 5.69 Å². The number of hydrogen-bond acceptors (Lipinski definition) is 6. The molecule has 0 saturated heterocycles. The predicted molar refractivity (Wildman–Crippen MR) is 70.3 cm³/mol. The van der Waals surface area contributed by atoms with Crippen molar-refractivity contribution in [2.45, 2.75) is 12.8 Å². The van der Waals surface area contributed by atoms with E-state index in [1.165, 1.54) is 10.9 Å². The minimum Gasteiger partial charge on any atom is -0.382 e. The number of nitro groups is 1. The van der Waals surface area contributed by atoms with Crippen LogP contribution in [0.2, 0.25) is 0 Å². The monoisotopic (exact) mass is 272 g/mol. The Labute approximate surface area is 111 Å². The number of aromatic nitrogens is 2. The standard InChI is InChI=1S/C11H20N4O4/c1-14-9-10(15(16)17)11(13-14)12-5-3-4-6-19-8-7-18-2/h9H,3-8H2,1-2H3,(H,12,13). The molecule has 1 aromatic rings. The summed E-state index contributed by atoms with van der Waals surface area (Å²) in [5.74, 6) is 0.313. The van der Waals surface area contributed by atoms with Crippen molar-refractivity contribution in [3.05, 3.63) is 16.3 Å². The fourth-order valence-corrected chi connectivity index (χ4v) is 1.52. The maximum atomic E-state index is 10.8. The zero-order chi connectivity index (χ0) is 14.1. The molecule has 1 N–H and O–H groups in total. The van der Waals surface area contributed by atoms with Crippen LogP contribution in [0.15, 0.2) is 6.20 Å². The molecule has 0 spiro atoms. The average Bonchev–Trinajstić information content (AvgIpc) is 2.74. The van der Waals surface area contributed by atoms with E-state index >= 15 is 0 Å². The van der Waals surface area contributed by atoms with Crippen LogP contribution in [0.3, 0.4) is 0 Å². The lowest BCUT2D eigenvalue weighted by Gasteiger charge is -2.04. The molecule has 0 bridgehead atoms. The number of methoxy groups -OCH3 is 1. The molecule has 1 heterocycles. The van der Waals surface area contributed by atoms with Crippen LogP contribution in [0.25, 0.3) is 0 Å². The Bertz CT molecular complexity index is 394. The lowest BCUT2D eigenvalue weighted by atomic mass is 10.3. The molecule has 0 aliphatic rings. The lowest BCUT2D eigenvalue weighted by molar-refractivity contribution is -0.384. The summed E-state index contributed by atoms with van der Waals surface area (Å²) in [6.07, 6.45) is 3.13. The Morgan fingerprint density at radius 3 is 2.89 bits per heavy atom. The van der Waals surface area contributed by atoms with Crippen molar-refractivity contribution < 1.29 is 14.4 Å².